The second kappa shape index (κ2) is 5.46. The first-order chi connectivity index (χ1) is 9.48. The molecule has 5 heteroatoms. The summed E-state index contributed by atoms with van der Waals surface area (Å²) in [6.45, 7) is 2.00. The molecule has 1 aromatic carbocycles. The summed E-state index contributed by atoms with van der Waals surface area (Å²) >= 11 is 0. The smallest absolute Gasteiger partial charge is 0.315 e. The summed E-state index contributed by atoms with van der Waals surface area (Å²) < 4.78 is 1.66. The minimum absolute atomic E-state index is 0.0297. The van der Waals surface area contributed by atoms with Crippen molar-refractivity contribution in [1.82, 2.24) is 9.78 Å². The highest BCUT2D eigenvalue weighted by atomic mass is 16.4. The number of nitrogens with two attached hydrogens (primary N) is 1. The summed E-state index contributed by atoms with van der Waals surface area (Å²) in [5.41, 5.74) is 7.20. The van der Waals surface area contributed by atoms with E-state index in [1.807, 2.05) is 37.3 Å². The largest absolute Gasteiger partial charge is 0.481 e. The van der Waals surface area contributed by atoms with E-state index in [-0.39, 0.29) is 13.0 Å². The van der Waals surface area contributed by atoms with E-state index in [0.717, 1.165) is 11.3 Å². The minimum atomic E-state index is -1.14. The molecule has 0 saturated heterocycles. The Balaban J connectivity index is 2.44. The van der Waals surface area contributed by atoms with Crippen molar-refractivity contribution in [3.05, 3.63) is 53.3 Å². The van der Waals surface area contributed by atoms with Crippen LogP contribution in [-0.2, 0) is 23.7 Å². The number of carboxylic acid groups (broad SMARTS) is 1. The summed E-state index contributed by atoms with van der Waals surface area (Å²) in [6.07, 6.45) is 2.08. The molecule has 5 nitrogen and oxygen atoms in total. The Hall–Kier alpha value is -2.14. The lowest BCUT2D eigenvalue weighted by Crippen LogP contribution is -2.45. The molecule has 0 radical (unpaired) electrons. The van der Waals surface area contributed by atoms with Gasteiger partial charge in [0.25, 0.3) is 0 Å². The van der Waals surface area contributed by atoms with Gasteiger partial charge in [0.1, 0.15) is 5.41 Å². The van der Waals surface area contributed by atoms with Crippen molar-refractivity contribution in [3.8, 4) is 0 Å². The fraction of sp³-hybridized carbons (Fsp3) is 0.333. The zero-order valence-electron chi connectivity index (χ0n) is 11.7. The average Bonchev–Trinajstić information content (AvgIpc) is 2.82. The number of benzene rings is 1. The molecular formula is C15H19N3O2. The van der Waals surface area contributed by atoms with Crippen LogP contribution in [0.25, 0.3) is 0 Å². The van der Waals surface area contributed by atoms with Crippen molar-refractivity contribution in [3.63, 3.8) is 0 Å². The Morgan fingerprint density at radius 2 is 2.00 bits per heavy atom. The fourth-order valence-electron chi connectivity index (χ4n) is 2.32. The van der Waals surface area contributed by atoms with Crippen molar-refractivity contribution < 1.29 is 9.90 Å². The Morgan fingerprint density at radius 1 is 1.35 bits per heavy atom. The normalized spacial score (nSPS) is 13.9. The zero-order valence-corrected chi connectivity index (χ0v) is 11.7. The molecule has 0 amide bonds. The van der Waals surface area contributed by atoms with Gasteiger partial charge in [-0.3, -0.25) is 9.48 Å². The molecule has 0 bridgehead atoms. The van der Waals surface area contributed by atoms with Gasteiger partial charge < -0.3 is 10.8 Å². The van der Waals surface area contributed by atoms with Crippen molar-refractivity contribution in [1.29, 1.82) is 0 Å². The maximum Gasteiger partial charge on any atom is 0.315 e. The number of aliphatic carboxylic acids is 1. The molecule has 106 valence electrons. The fourth-order valence-corrected chi connectivity index (χ4v) is 2.32. The molecule has 0 aliphatic rings. The number of carboxylic acids is 1. The SMILES string of the molecule is Cc1ccc(C(CN)(Cc2ccn(C)n2)C(=O)O)cc1. The lowest BCUT2D eigenvalue weighted by atomic mass is 9.76. The van der Waals surface area contributed by atoms with Crippen LogP contribution in [0.3, 0.4) is 0 Å². The molecule has 1 heterocycles. The van der Waals surface area contributed by atoms with Crippen LogP contribution in [-0.4, -0.2) is 27.4 Å². The third-order valence-corrected chi connectivity index (χ3v) is 3.61. The second-order valence-electron chi connectivity index (χ2n) is 5.11. The number of rotatable bonds is 5. The molecular weight excluding hydrogens is 254 g/mol. The molecule has 2 aromatic rings. The van der Waals surface area contributed by atoms with E-state index in [4.69, 9.17) is 5.73 Å². The summed E-state index contributed by atoms with van der Waals surface area (Å²) in [7, 11) is 1.81. The molecule has 0 aliphatic carbocycles. The van der Waals surface area contributed by atoms with Crippen molar-refractivity contribution >= 4 is 5.97 Å². The first kappa shape index (κ1) is 14.3. The van der Waals surface area contributed by atoms with Crippen LogP contribution in [0.15, 0.2) is 36.5 Å². The van der Waals surface area contributed by atoms with E-state index in [0.29, 0.717) is 5.56 Å². The van der Waals surface area contributed by atoms with Crippen LogP contribution in [0, 0.1) is 6.92 Å². The molecule has 0 aliphatic heterocycles. The molecule has 0 saturated carbocycles. The van der Waals surface area contributed by atoms with Crippen LogP contribution in [0.5, 0.6) is 0 Å². The molecule has 1 unspecified atom stereocenters. The molecule has 1 aromatic heterocycles. The van der Waals surface area contributed by atoms with E-state index < -0.39 is 11.4 Å². The van der Waals surface area contributed by atoms with Gasteiger partial charge in [-0.05, 0) is 18.6 Å². The summed E-state index contributed by atoms with van der Waals surface area (Å²) in [5, 5.41) is 14.0. The number of nitrogens with zero attached hydrogens (tertiary/aromatic N) is 2. The average molecular weight is 273 g/mol. The highest BCUT2D eigenvalue weighted by Crippen LogP contribution is 2.28. The summed E-state index contributed by atoms with van der Waals surface area (Å²) in [5.74, 6) is -0.922. The van der Waals surface area contributed by atoms with Gasteiger partial charge >= 0.3 is 5.97 Å². The number of aromatic nitrogens is 2. The molecule has 20 heavy (non-hydrogen) atoms. The van der Waals surface area contributed by atoms with Gasteiger partial charge in [-0.1, -0.05) is 29.8 Å². The Bertz CT molecular complexity index is 604. The van der Waals surface area contributed by atoms with E-state index >= 15 is 0 Å². The number of aryl methyl sites for hydroxylation is 2. The monoisotopic (exact) mass is 273 g/mol. The Morgan fingerprint density at radius 3 is 2.45 bits per heavy atom. The molecule has 0 spiro atoms. The third kappa shape index (κ3) is 2.58. The van der Waals surface area contributed by atoms with Gasteiger partial charge in [0.2, 0.25) is 0 Å². The molecule has 1 atom stereocenters. The highest BCUT2D eigenvalue weighted by Gasteiger charge is 2.40. The van der Waals surface area contributed by atoms with Gasteiger partial charge in [-0.2, -0.15) is 5.10 Å². The highest BCUT2D eigenvalue weighted by molar-refractivity contribution is 5.82. The summed E-state index contributed by atoms with van der Waals surface area (Å²) in [4.78, 5) is 11.8. The number of hydrogen-bond acceptors (Lipinski definition) is 3. The molecule has 2 rings (SSSR count). The maximum atomic E-state index is 11.8. The van der Waals surface area contributed by atoms with Gasteiger partial charge in [0, 0.05) is 26.2 Å². The predicted octanol–water partition coefficient (Wildman–Crippen LogP) is 1.25. The van der Waals surface area contributed by atoms with E-state index in [9.17, 15) is 9.90 Å². The standard InChI is InChI=1S/C15H19N3O2/c1-11-3-5-12(6-4-11)15(10-16,14(19)20)9-13-7-8-18(2)17-13/h3-8H,9-10,16H2,1-2H3,(H,19,20). The van der Waals surface area contributed by atoms with Crippen molar-refractivity contribution in [2.75, 3.05) is 6.54 Å². The molecule has 3 N–H and O–H groups in total. The zero-order chi connectivity index (χ0) is 14.8. The van der Waals surface area contributed by atoms with Gasteiger partial charge in [0.15, 0.2) is 0 Å². The van der Waals surface area contributed by atoms with Crippen LogP contribution >= 0.6 is 0 Å². The van der Waals surface area contributed by atoms with Gasteiger partial charge in [0.05, 0.1) is 5.69 Å². The predicted molar refractivity (Wildman–Crippen MR) is 76.5 cm³/mol. The van der Waals surface area contributed by atoms with Crippen molar-refractivity contribution in [2.24, 2.45) is 12.8 Å². The van der Waals surface area contributed by atoms with Crippen LogP contribution in [0.4, 0.5) is 0 Å². The quantitative estimate of drug-likeness (QED) is 0.859. The van der Waals surface area contributed by atoms with E-state index in [1.165, 1.54) is 0 Å². The maximum absolute atomic E-state index is 11.8. The van der Waals surface area contributed by atoms with Gasteiger partial charge in [-0.25, -0.2) is 0 Å². The van der Waals surface area contributed by atoms with Gasteiger partial charge in [-0.15, -0.1) is 0 Å². The first-order valence-electron chi connectivity index (χ1n) is 6.47. The minimum Gasteiger partial charge on any atom is -0.481 e. The van der Waals surface area contributed by atoms with Crippen LogP contribution in [0.1, 0.15) is 16.8 Å². The first-order valence-corrected chi connectivity index (χ1v) is 6.47. The molecule has 0 fully saturated rings. The van der Waals surface area contributed by atoms with Crippen LogP contribution in [0.2, 0.25) is 0 Å². The van der Waals surface area contributed by atoms with E-state index in [1.54, 1.807) is 17.9 Å². The topological polar surface area (TPSA) is 81.1 Å². The lowest BCUT2D eigenvalue weighted by Gasteiger charge is -2.28. The third-order valence-electron chi connectivity index (χ3n) is 3.61. The number of hydrogen-bond donors (Lipinski definition) is 2. The van der Waals surface area contributed by atoms with Crippen molar-refractivity contribution in [2.45, 2.75) is 18.8 Å². The summed E-state index contributed by atoms with van der Waals surface area (Å²) in [6, 6.07) is 9.29. The second-order valence-corrected chi connectivity index (χ2v) is 5.11. The Labute approximate surface area is 118 Å². The van der Waals surface area contributed by atoms with E-state index in [2.05, 4.69) is 5.10 Å². The lowest BCUT2D eigenvalue weighted by molar-refractivity contribution is -0.143. The van der Waals surface area contributed by atoms with Crippen LogP contribution < -0.4 is 5.73 Å². The number of carbonyl (C=O) groups is 1. The Kier molecular flexibility index (Phi) is 3.90.